The molecule has 0 spiro atoms. The molecule has 0 aliphatic carbocycles. The fourth-order valence-corrected chi connectivity index (χ4v) is 5.21. The van der Waals surface area contributed by atoms with Crippen LogP contribution in [0.5, 0.6) is 5.75 Å². The van der Waals surface area contributed by atoms with E-state index in [0.717, 1.165) is 24.8 Å². The van der Waals surface area contributed by atoms with Gasteiger partial charge in [0.1, 0.15) is 10.8 Å². The van der Waals surface area contributed by atoms with Crippen molar-refractivity contribution in [2.24, 2.45) is 11.7 Å². The number of fused-ring (bicyclic) bond motifs is 3. The molecule has 2 aliphatic heterocycles. The van der Waals surface area contributed by atoms with Crippen LogP contribution in [0, 0.1) is 5.92 Å². The lowest BCUT2D eigenvalue weighted by Crippen LogP contribution is -2.35. The van der Waals surface area contributed by atoms with E-state index in [2.05, 4.69) is 39.0 Å². The number of allylic oxidation sites excluding steroid dienone is 3. The Hall–Kier alpha value is -1.86. The molecule has 1 amide bonds. The molecule has 1 fully saturated rings. The standard InChI is InChI=1S/C27H39ClN2O4/c1-17-9-7-8-10-20(29)16-22(32-5)18(2)26-27(3,34-26)12-11-24(31)30(4)21-14-19(13-17)15-23(33-6)25(21)28/h7-9,14-15,18,20,22,26H,10-13,16,29H2,1-6H3/b8-7+,17-9+/t18-,20?,22?,26+,27+/m1/s1. The van der Waals surface area contributed by atoms with Gasteiger partial charge >= 0.3 is 0 Å². The van der Waals surface area contributed by atoms with Crippen LogP contribution in [0.2, 0.25) is 5.02 Å². The van der Waals surface area contributed by atoms with E-state index in [-0.39, 0.29) is 35.7 Å². The van der Waals surface area contributed by atoms with Crippen molar-refractivity contribution < 1.29 is 19.0 Å². The maximum absolute atomic E-state index is 13.1. The lowest BCUT2D eigenvalue weighted by molar-refractivity contribution is -0.118. The second-order valence-corrected chi connectivity index (χ2v) is 10.3. The fraction of sp³-hybridized carbons (Fsp3) is 0.593. The third kappa shape index (κ3) is 6.22. The van der Waals surface area contributed by atoms with E-state index in [9.17, 15) is 4.79 Å². The number of halogens is 1. The zero-order valence-corrected chi connectivity index (χ0v) is 22.0. The number of carbonyl (C=O) groups is 1. The quantitative estimate of drug-likeness (QED) is 0.586. The normalized spacial score (nSPS) is 33.6. The maximum Gasteiger partial charge on any atom is 0.226 e. The van der Waals surface area contributed by atoms with E-state index in [1.165, 1.54) is 5.57 Å². The smallest absolute Gasteiger partial charge is 0.226 e. The van der Waals surface area contributed by atoms with Crippen LogP contribution in [0.3, 0.4) is 0 Å². The first kappa shape index (κ1) is 26.7. The first-order chi connectivity index (χ1) is 16.1. The van der Waals surface area contributed by atoms with Crippen molar-refractivity contribution in [3.8, 4) is 5.75 Å². The number of methoxy groups -OCH3 is 2. The highest BCUT2D eigenvalue weighted by atomic mass is 35.5. The highest BCUT2D eigenvalue weighted by Crippen LogP contribution is 2.47. The summed E-state index contributed by atoms with van der Waals surface area (Å²) in [6, 6.07) is 3.90. The predicted molar refractivity (Wildman–Crippen MR) is 138 cm³/mol. The van der Waals surface area contributed by atoms with Gasteiger partial charge in [-0.05, 0) is 57.2 Å². The van der Waals surface area contributed by atoms with Crippen molar-refractivity contribution in [2.45, 2.75) is 76.7 Å². The molecule has 1 saturated heterocycles. The van der Waals surface area contributed by atoms with E-state index >= 15 is 0 Å². The Bertz CT molecular complexity index is 947. The molecule has 2 unspecified atom stereocenters. The molecule has 1 aromatic carbocycles. The van der Waals surface area contributed by atoms with E-state index < -0.39 is 0 Å². The Labute approximate surface area is 209 Å². The molecule has 0 saturated carbocycles. The monoisotopic (exact) mass is 490 g/mol. The van der Waals surface area contributed by atoms with Crippen LogP contribution >= 0.6 is 11.6 Å². The van der Waals surface area contributed by atoms with Crippen LogP contribution in [0.15, 0.2) is 35.9 Å². The average Bonchev–Trinajstić information content (AvgIpc) is 3.49. The molecule has 7 heteroatoms. The van der Waals surface area contributed by atoms with Crippen molar-refractivity contribution in [3.05, 3.63) is 46.5 Å². The van der Waals surface area contributed by atoms with Crippen molar-refractivity contribution >= 4 is 23.2 Å². The minimum atomic E-state index is -0.343. The molecule has 2 bridgehead atoms. The van der Waals surface area contributed by atoms with Crippen LogP contribution in [0.25, 0.3) is 0 Å². The van der Waals surface area contributed by atoms with Gasteiger partial charge in [-0.25, -0.2) is 0 Å². The zero-order valence-electron chi connectivity index (χ0n) is 21.3. The fourth-order valence-electron chi connectivity index (χ4n) is 4.89. The largest absolute Gasteiger partial charge is 0.495 e. The summed E-state index contributed by atoms with van der Waals surface area (Å²) in [5.74, 6) is 0.728. The summed E-state index contributed by atoms with van der Waals surface area (Å²) in [5, 5.41) is 0.437. The summed E-state index contributed by atoms with van der Waals surface area (Å²) in [7, 11) is 5.08. The van der Waals surface area contributed by atoms with Crippen LogP contribution in [0.1, 0.15) is 52.0 Å². The molecule has 6 nitrogen and oxygen atoms in total. The van der Waals surface area contributed by atoms with Crippen LogP contribution in [0.4, 0.5) is 5.69 Å². The van der Waals surface area contributed by atoms with Gasteiger partial charge in [0.2, 0.25) is 5.91 Å². The predicted octanol–water partition coefficient (Wildman–Crippen LogP) is 5.07. The molecule has 2 N–H and O–H groups in total. The van der Waals surface area contributed by atoms with Gasteiger partial charge in [-0.2, -0.15) is 0 Å². The molecular formula is C27H39ClN2O4. The molecule has 5 atom stereocenters. The number of nitrogens with zero attached hydrogens (tertiary/aromatic N) is 1. The number of anilines is 1. The molecule has 1 aromatic rings. The summed E-state index contributed by atoms with van der Waals surface area (Å²) in [5.41, 5.74) is 8.93. The van der Waals surface area contributed by atoms with Gasteiger partial charge in [0.05, 0.1) is 30.6 Å². The minimum Gasteiger partial charge on any atom is -0.495 e. The number of carbonyl (C=O) groups excluding carboxylic acids is 1. The van der Waals surface area contributed by atoms with Gasteiger partial charge in [0.25, 0.3) is 0 Å². The van der Waals surface area contributed by atoms with Gasteiger partial charge in [0, 0.05) is 32.5 Å². The molecule has 188 valence electrons. The lowest BCUT2D eigenvalue weighted by atomic mass is 9.87. The number of benzene rings is 1. The van der Waals surface area contributed by atoms with Crippen molar-refractivity contribution in [1.29, 1.82) is 0 Å². The summed E-state index contributed by atoms with van der Waals surface area (Å²) in [6.07, 6.45) is 9.54. The van der Waals surface area contributed by atoms with Gasteiger partial charge < -0.3 is 24.8 Å². The Kier molecular flexibility index (Phi) is 8.85. The number of rotatable bonds is 2. The molecule has 3 rings (SSSR count). The van der Waals surface area contributed by atoms with Crippen molar-refractivity contribution in [1.82, 2.24) is 0 Å². The Morgan fingerprint density at radius 3 is 2.71 bits per heavy atom. The van der Waals surface area contributed by atoms with E-state index in [0.29, 0.717) is 29.3 Å². The first-order valence-electron chi connectivity index (χ1n) is 12.0. The first-order valence-corrected chi connectivity index (χ1v) is 12.4. The second kappa shape index (κ2) is 11.3. The Morgan fingerprint density at radius 1 is 1.29 bits per heavy atom. The summed E-state index contributed by atoms with van der Waals surface area (Å²) in [6.45, 7) is 6.30. The summed E-state index contributed by atoms with van der Waals surface area (Å²) < 4.78 is 17.4. The molecular weight excluding hydrogens is 452 g/mol. The van der Waals surface area contributed by atoms with Crippen LogP contribution in [-0.4, -0.2) is 51.0 Å². The third-order valence-corrected chi connectivity index (χ3v) is 7.53. The molecule has 0 radical (unpaired) electrons. The average molecular weight is 491 g/mol. The number of nitrogens with two attached hydrogens (primary N) is 1. The van der Waals surface area contributed by atoms with Crippen LogP contribution < -0.4 is 15.4 Å². The Morgan fingerprint density at radius 2 is 2.03 bits per heavy atom. The summed E-state index contributed by atoms with van der Waals surface area (Å²) in [4.78, 5) is 14.8. The second-order valence-electron chi connectivity index (χ2n) is 9.92. The van der Waals surface area contributed by atoms with E-state index in [1.54, 1.807) is 26.2 Å². The van der Waals surface area contributed by atoms with Crippen LogP contribution in [-0.2, 0) is 20.7 Å². The van der Waals surface area contributed by atoms with Crippen molar-refractivity contribution in [3.63, 3.8) is 0 Å². The minimum absolute atomic E-state index is 0.000658. The van der Waals surface area contributed by atoms with E-state index in [1.807, 2.05) is 12.1 Å². The Balaban J connectivity index is 1.91. The van der Waals surface area contributed by atoms with Crippen molar-refractivity contribution in [2.75, 3.05) is 26.2 Å². The zero-order chi connectivity index (χ0) is 25.0. The molecule has 2 aliphatic rings. The van der Waals surface area contributed by atoms with Gasteiger partial charge in [-0.15, -0.1) is 0 Å². The highest BCUT2D eigenvalue weighted by Gasteiger charge is 2.56. The number of amides is 1. The summed E-state index contributed by atoms with van der Waals surface area (Å²) >= 11 is 6.60. The topological polar surface area (TPSA) is 77.3 Å². The molecule has 0 aromatic heterocycles. The maximum atomic E-state index is 13.1. The van der Waals surface area contributed by atoms with Gasteiger partial charge in [-0.1, -0.05) is 42.3 Å². The van der Waals surface area contributed by atoms with Gasteiger partial charge in [0.15, 0.2) is 0 Å². The highest BCUT2D eigenvalue weighted by molar-refractivity contribution is 6.35. The molecule has 2 heterocycles. The number of ether oxygens (including phenoxy) is 3. The number of epoxide rings is 1. The SMILES string of the molecule is COc1cc2cc(c1Cl)N(C)C(=O)CC[C@]1(C)O[C@H]1[C@H](C)C(OC)CC(N)C/C=C/C=C(\C)C2. The van der Waals surface area contributed by atoms with Gasteiger partial charge in [-0.3, -0.25) is 4.79 Å². The lowest BCUT2D eigenvalue weighted by Gasteiger charge is -2.25. The number of hydrogen-bond acceptors (Lipinski definition) is 5. The third-order valence-electron chi connectivity index (χ3n) is 7.15. The van der Waals surface area contributed by atoms with E-state index in [4.69, 9.17) is 31.5 Å². The number of hydrogen-bond donors (Lipinski definition) is 1. The molecule has 34 heavy (non-hydrogen) atoms.